The van der Waals surface area contributed by atoms with E-state index >= 15 is 0 Å². The molecule has 0 radical (unpaired) electrons. The van der Waals surface area contributed by atoms with Crippen LogP contribution in [0.1, 0.15) is 102 Å². The number of aromatic nitrogens is 1. The number of carbonyl (C=O) groups excluding carboxylic acids is 3. The van der Waals surface area contributed by atoms with Crippen molar-refractivity contribution in [3.8, 4) is 12.1 Å². The van der Waals surface area contributed by atoms with E-state index in [0.29, 0.717) is 71.5 Å². The summed E-state index contributed by atoms with van der Waals surface area (Å²) in [5.41, 5.74) is 6.34. The monoisotopic (exact) mass is 977 g/mol. The zero-order chi connectivity index (χ0) is 50.0. The lowest BCUT2D eigenvalue weighted by Gasteiger charge is -2.32. The van der Waals surface area contributed by atoms with Crippen molar-refractivity contribution in [1.82, 2.24) is 14.8 Å². The molecular formula is C53H51N7O8S2. The summed E-state index contributed by atoms with van der Waals surface area (Å²) in [5.74, 6) is -0.386. The summed E-state index contributed by atoms with van der Waals surface area (Å²) in [7, 11) is -6.75. The van der Waals surface area contributed by atoms with Crippen LogP contribution in [0.4, 0.5) is 11.4 Å². The highest BCUT2D eigenvalue weighted by Crippen LogP contribution is 2.32. The quantitative estimate of drug-likeness (QED) is 0.117. The Bertz CT molecular complexity index is 3190. The number of hydrogen-bond donors (Lipinski definition) is 2. The first kappa shape index (κ1) is 50.0. The van der Waals surface area contributed by atoms with Crippen LogP contribution < -0.4 is 9.44 Å². The van der Waals surface area contributed by atoms with Gasteiger partial charge in [-0.2, -0.15) is 10.5 Å². The number of nitrogens with zero attached hydrogens (tertiary/aromatic N) is 5. The van der Waals surface area contributed by atoms with Gasteiger partial charge < -0.3 is 14.5 Å². The SMILES string of the molecule is COC(=O)c1ccccc1S(=O)(=O)Nc1cc(C(=O)N2CCC(c3ccc(C#N)cc3)CC2)ccc1C.Cc1ccc(C(=O)N2CCC(c3ccc(C#N)cc3)CC2)cc1NS(=O)(=O)c1cccnc1. The first-order valence-corrected chi connectivity index (χ1v) is 25.5. The molecule has 6 aromatic rings. The second-order valence-electron chi connectivity index (χ2n) is 17.0. The number of hydrogen-bond acceptors (Lipinski definition) is 11. The Labute approximate surface area is 408 Å². The standard InChI is InChI=1S/C28H27N3O5S.C25H24N4O3S/c1-19-7-10-23(17-25(19)30-37(34,35)26-6-4-3-5-24(26)28(33)36-2)27(32)31-15-13-22(14-16-31)21-11-8-20(18-29)9-12-21;1-18-4-7-22(15-24(18)28-33(31,32)23-3-2-12-27-17-23)25(30)29-13-10-21(11-14-29)20-8-5-19(16-26)6-9-20/h3-12,17,22,30H,13-16H2,1-2H3;2-9,12,15,17,21,28H,10-11,13-14H2,1H3. The van der Waals surface area contributed by atoms with Crippen LogP contribution in [0, 0.1) is 36.5 Å². The van der Waals surface area contributed by atoms with Crippen molar-refractivity contribution >= 4 is 49.2 Å². The maximum atomic E-state index is 13.3. The maximum absolute atomic E-state index is 13.3. The smallest absolute Gasteiger partial charge is 0.339 e. The maximum Gasteiger partial charge on any atom is 0.339 e. The minimum atomic E-state index is -4.13. The number of sulfonamides is 2. The highest BCUT2D eigenvalue weighted by Gasteiger charge is 2.28. The first-order valence-electron chi connectivity index (χ1n) is 22.5. The molecule has 0 bridgehead atoms. The lowest BCUT2D eigenvalue weighted by atomic mass is 9.89. The number of amides is 2. The Morgan fingerprint density at radius 1 is 0.614 bits per heavy atom. The van der Waals surface area contributed by atoms with Gasteiger partial charge in [-0.1, -0.05) is 48.5 Å². The third-order valence-corrected chi connectivity index (χ3v) is 15.3. The predicted molar refractivity (Wildman–Crippen MR) is 264 cm³/mol. The van der Waals surface area contributed by atoms with Crippen LogP contribution in [0.15, 0.2) is 144 Å². The number of pyridine rings is 1. The summed E-state index contributed by atoms with van der Waals surface area (Å²) >= 11 is 0. The number of benzene rings is 5. The lowest BCUT2D eigenvalue weighted by molar-refractivity contribution is 0.0595. The highest BCUT2D eigenvalue weighted by atomic mass is 32.2. The summed E-state index contributed by atoms with van der Waals surface area (Å²) in [4.78, 5) is 45.8. The topological polar surface area (TPSA) is 220 Å². The number of esters is 1. The third-order valence-electron chi connectivity index (χ3n) is 12.6. The van der Waals surface area contributed by atoms with Gasteiger partial charge in [-0.05, 0) is 146 Å². The normalized spacial score (nSPS) is 14.2. The Balaban J connectivity index is 0.000000208. The molecule has 0 aliphatic carbocycles. The highest BCUT2D eigenvalue weighted by molar-refractivity contribution is 7.93. The van der Waals surface area contributed by atoms with E-state index in [2.05, 4.69) is 26.6 Å². The van der Waals surface area contributed by atoms with Crippen molar-refractivity contribution in [3.63, 3.8) is 0 Å². The number of rotatable bonds is 11. The van der Waals surface area contributed by atoms with Gasteiger partial charge in [0.1, 0.15) is 9.79 Å². The first-order chi connectivity index (χ1) is 33.6. The molecule has 0 saturated carbocycles. The number of anilines is 2. The number of ether oxygens (including phenoxy) is 1. The largest absolute Gasteiger partial charge is 0.465 e. The average Bonchev–Trinajstić information content (AvgIpc) is 3.39. The molecular weight excluding hydrogens is 927 g/mol. The zero-order valence-electron chi connectivity index (χ0n) is 38.8. The van der Waals surface area contributed by atoms with Crippen LogP contribution in [-0.4, -0.2) is 82.7 Å². The fourth-order valence-corrected chi connectivity index (χ4v) is 10.9. The van der Waals surface area contributed by atoms with Crippen molar-refractivity contribution in [1.29, 1.82) is 10.5 Å². The van der Waals surface area contributed by atoms with Crippen LogP contribution in [0.5, 0.6) is 0 Å². The van der Waals surface area contributed by atoms with E-state index in [0.717, 1.165) is 36.8 Å². The number of methoxy groups -OCH3 is 1. The molecule has 8 rings (SSSR count). The van der Waals surface area contributed by atoms with Crippen molar-refractivity contribution in [2.45, 2.75) is 61.2 Å². The molecule has 358 valence electrons. The van der Waals surface area contributed by atoms with Crippen molar-refractivity contribution < 1.29 is 36.0 Å². The Morgan fingerprint density at radius 3 is 1.50 bits per heavy atom. The summed E-state index contributed by atoms with van der Waals surface area (Å²) < 4.78 is 61.5. The molecule has 0 atom stereocenters. The van der Waals surface area contributed by atoms with E-state index in [9.17, 15) is 31.2 Å². The van der Waals surface area contributed by atoms with Gasteiger partial charge in [0.2, 0.25) is 0 Å². The zero-order valence-corrected chi connectivity index (χ0v) is 40.5. The Hall–Kier alpha value is -7.86. The molecule has 5 aromatic carbocycles. The molecule has 0 spiro atoms. The Morgan fingerprint density at radius 2 is 1.07 bits per heavy atom. The second-order valence-corrected chi connectivity index (χ2v) is 20.4. The minimum Gasteiger partial charge on any atom is -0.465 e. The van der Waals surface area contributed by atoms with Crippen LogP contribution in [-0.2, 0) is 24.8 Å². The van der Waals surface area contributed by atoms with E-state index < -0.39 is 26.0 Å². The van der Waals surface area contributed by atoms with Crippen molar-refractivity contribution in [2.24, 2.45) is 0 Å². The molecule has 17 heteroatoms. The van der Waals surface area contributed by atoms with Crippen LogP contribution in [0.2, 0.25) is 0 Å². The minimum absolute atomic E-state index is 0.0611. The summed E-state index contributed by atoms with van der Waals surface area (Å²) in [6, 6.07) is 38.2. The summed E-state index contributed by atoms with van der Waals surface area (Å²) in [6.45, 7) is 5.91. The van der Waals surface area contributed by atoms with E-state index in [-0.39, 0.29) is 32.9 Å². The molecule has 2 amide bonds. The number of likely N-dealkylation sites (tertiary alicyclic amines) is 2. The van der Waals surface area contributed by atoms with Crippen LogP contribution in [0.3, 0.4) is 0 Å². The molecule has 2 aliphatic rings. The van der Waals surface area contributed by atoms with E-state index in [4.69, 9.17) is 15.3 Å². The van der Waals surface area contributed by atoms with Gasteiger partial charge in [0.05, 0.1) is 47.3 Å². The van der Waals surface area contributed by atoms with Crippen LogP contribution >= 0.6 is 0 Å². The van der Waals surface area contributed by atoms with Gasteiger partial charge >= 0.3 is 5.97 Å². The number of aryl methyl sites for hydroxylation is 2. The number of piperidine rings is 2. The van der Waals surface area contributed by atoms with Gasteiger partial charge in [0.15, 0.2) is 0 Å². The van der Waals surface area contributed by atoms with Gasteiger partial charge in [-0.15, -0.1) is 0 Å². The van der Waals surface area contributed by atoms with Gasteiger partial charge in [0, 0.05) is 49.7 Å². The van der Waals surface area contributed by atoms with Gasteiger partial charge in [-0.25, -0.2) is 21.6 Å². The average molecular weight is 978 g/mol. The number of nitriles is 2. The molecule has 2 fully saturated rings. The molecule has 2 aliphatic heterocycles. The van der Waals surface area contributed by atoms with Gasteiger partial charge in [-0.3, -0.25) is 24.0 Å². The van der Waals surface area contributed by atoms with E-state index in [1.54, 1.807) is 61.2 Å². The van der Waals surface area contributed by atoms with Gasteiger partial charge in [0.25, 0.3) is 31.9 Å². The molecule has 15 nitrogen and oxygen atoms in total. The number of nitrogens with one attached hydrogen (secondary N) is 2. The summed E-state index contributed by atoms with van der Waals surface area (Å²) in [5, 5.41) is 18.0. The number of carbonyl (C=O) groups is 3. The molecule has 70 heavy (non-hydrogen) atoms. The van der Waals surface area contributed by atoms with Crippen LogP contribution in [0.25, 0.3) is 0 Å². The lowest BCUT2D eigenvalue weighted by Crippen LogP contribution is -2.38. The summed E-state index contributed by atoms with van der Waals surface area (Å²) in [6.07, 6.45) is 6.06. The predicted octanol–water partition coefficient (Wildman–Crippen LogP) is 8.56. The fraction of sp³-hybridized carbons (Fsp3) is 0.245. The molecule has 3 heterocycles. The van der Waals surface area contributed by atoms with E-state index in [1.165, 1.54) is 55.4 Å². The molecule has 2 saturated heterocycles. The fourth-order valence-electron chi connectivity index (χ4n) is 8.48. The van der Waals surface area contributed by atoms with Crippen molar-refractivity contribution in [3.05, 3.63) is 184 Å². The molecule has 2 N–H and O–H groups in total. The molecule has 0 unspecified atom stereocenters. The Kier molecular flexibility index (Phi) is 15.8. The van der Waals surface area contributed by atoms with Crippen molar-refractivity contribution in [2.75, 3.05) is 42.7 Å². The third kappa shape index (κ3) is 11.9. The molecule has 1 aromatic heterocycles. The second kappa shape index (κ2) is 22.1. The van der Waals surface area contributed by atoms with E-state index in [1.807, 2.05) is 53.4 Å².